The first-order chi connectivity index (χ1) is 14.5. The van der Waals surface area contributed by atoms with E-state index in [9.17, 15) is 9.90 Å². The van der Waals surface area contributed by atoms with E-state index in [2.05, 4.69) is 4.90 Å². The third-order valence-corrected chi connectivity index (χ3v) is 7.01. The van der Waals surface area contributed by atoms with Crippen LogP contribution in [0.4, 0.5) is 0 Å². The second-order valence-electron chi connectivity index (χ2n) is 8.56. The number of esters is 1. The summed E-state index contributed by atoms with van der Waals surface area (Å²) in [6.45, 7) is 3.24. The summed E-state index contributed by atoms with van der Waals surface area (Å²) in [6.07, 6.45) is 3.60. The monoisotopic (exact) mass is 409 g/mol. The van der Waals surface area contributed by atoms with Crippen molar-refractivity contribution >= 4 is 5.97 Å². The minimum atomic E-state index is -0.892. The standard InChI is InChI=1S/C25H31NO4/c1-29-23-9-8-18(16-21(23)24(27)30-2)10-13-25(28,20-6-4-3-5-7-20)22-17-26-14-11-19(22)12-15-26/h3-9,16,19,22,28H,10-15,17H2,1-2H3. The van der Waals surface area contributed by atoms with Crippen molar-refractivity contribution in [3.8, 4) is 5.75 Å². The molecule has 3 aliphatic heterocycles. The Hall–Kier alpha value is -2.37. The Morgan fingerprint density at radius 1 is 1.13 bits per heavy atom. The highest BCUT2D eigenvalue weighted by Crippen LogP contribution is 2.45. The number of rotatable bonds is 7. The van der Waals surface area contributed by atoms with Crippen LogP contribution in [0.15, 0.2) is 48.5 Å². The van der Waals surface area contributed by atoms with E-state index in [0.29, 0.717) is 30.1 Å². The van der Waals surface area contributed by atoms with Gasteiger partial charge in [0.05, 0.1) is 19.8 Å². The van der Waals surface area contributed by atoms with Gasteiger partial charge >= 0.3 is 5.97 Å². The average molecular weight is 410 g/mol. The first kappa shape index (κ1) is 20.9. The molecule has 5 heteroatoms. The number of carbonyl (C=O) groups is 1. The smallest absolute Gasteiger partial charge is 0.341 e. The molecule has 5 rings (SSSR count). The number of benzene rings is 2. The van der Waals surface area contributed by atoms with Gasteiger partial charge in [-0.25, -0.2) is 4.79 Å². The van der Waals surface area contributed by atoms with Crippen molar-refractivity contribution in [2.75, 3.05) is 33.9 Å². The number of ether oxygens (including phenoxy) is 2. The maximum Gasteiger partial charge on any atom is 0.341 e. The van der Waals surface area contributed by atoms with Crippen LogP contribution in [0.1, 0.15) is 40.7 Å². The van der Waals surface area contributed by atoms with Crippen molar-refractivity contribution < 1.29 is 19.4 Å². The van der Waals surface area contributed by atoms with Gasteiger partial charge in [0.15, 0.2) is 0 Å². The fourth-order valence-electron chi connectivity index (χ4n) is 5.29. The quantitative estimate of drug-likeness (QED) is 0.708. The zero-order valence-electron chi connectivity index (χ0n) is 17.8. The predicted octanol–water partition coefficient (Wildman–Crippen LogP) is 3.64. The van der Waals surface area contributed by atoms with Gasteiger partial charge < -0.3 is 19.5 Å². The zero-order valence-corrected chi connectivity index (χ0v) is 17.8. The Morgan fingerprint density at radius 3 is 2.47 bits per heavy atom. The molecule has 2 bridgehead atoms. The number of aryl methyl sites for hydroxylation is 1. The lowest BCUT2D eigenvalue weighted by Gasteiger charge is -2.51. The Balaban J connectivity index is 1.61. The molecule has 160 valence electrons. The SMILES string of the molecule is COC(=O)c1cc(CCC(O)(c2ccccc2)C2CN3CCC2CC3)ccc1OC. The van der Waals surface area contributed by atoms with Crippen molar-refractivity contribution in [3.05, 3.63) is 65.2 Å². The first-order valence-corrected chi connectivity index (χ1v) is 10.8. The van der Waals surface area contributed by atoms with Crippen LogP contribution < -0.4 is 4.74 Å². The topological polar surface area (TPSA) is 59.0 Å². The maximum atomic E-state index is 12.1. The number of carbonyl (C=O) groups excluding carboxylic acids is 1. The number of nitrogens with zero attached hydrogens (tertiary/aromatic N) is 1. The number of aliphatic hydroxyl groups is 1. The predicted molar refractivity (Wildman–Crippen MR) is 116 cm³/mol. The molecule has 3 saturated heterocycles. The lowest BCUT2D eigenvalue weighted by molar-refractivity contribution is -0.106. The molecular weight excluding hydrogens is 378 g/mol. The lowest BCUT2D eigenvalue weighted by Crippen LogP contribution is -2.55. The van der Waals surface area contributed by atoms with E-state index in [0.717, 1.165) is 43.6 Å². The molecule has 0 amide bonds. The van der Waals surface area contributed by atoms with Crippen LogP contribution in [-0.2, 0) is 16.8 Å². The van der Waals surface area contributed by atoms with Crippen LogP contribution in [0.2, 0.25) is 0 Å². The fourth-order valence-corrected chi connectivity index (χ4v) is 5.29. The van der Waals surface area contributed by atoms with Crippen molar-refractivity contribution in [2.24, 2.45) is 11.8 Å². The van der Waals surface area contributed by atoms with Crippen molar-refractivity contribution in [1.29, 1.82) is 0 Å². The minimum Gasteiger partial charge on any atom is -0.496 e. The van der Waals surface area contributed by atoms with Gasteiger partial charge in [0.25, 0.3) is 0 Å². The molecule has 0 radical (unpaired) electrons. The second-order valence-corrected chi connectivity index (χ2v) is 8.56. The van der Waals surface area contributed by atoms with Crippen LogP contribution >= 0.6 is 0 Å². The maximum absolute atomic E-state index is 12.1. The third-order valence-electron chi connectivity index (χ3n) is 7.01. The normalized spacial score (nSPS) is 24.8. The van der Waals surface area contributed by atoms with E-state index in [1.165, 1.54) is 7.11 Å². The van der Waals surface area contributed by atoms with Crippen molar-refractivity contribution in [3.63, 3.8) is 0 Å². The number of piperidine rings is 3. The summed E-state index contributed by atoms with van der Waals surface area (Å²) >= 11 is 0. The molecule has 0 aliphatic carbocycles. The van der Waals surface area contributed by atoms with Gasteiger partial charge in [0.2, 0.25) is 0 Å². The third kappa shape index (κ3) is 3.96. The van der Waals surface area contributed by atoms with Crippen molar-refractivity contribution in [2.45, 2.75) is 31.3 Å². The van der Waals surface area contributed by atoms with E-state index in [4.69, 9.17) is 9.47 Å². The van der Waals surface area contributed by atoms with E-state index in [-0.39, 0.29) is 5.92 Å². The second kappa shape index (κ2) is 8.78. The van der Waals surface area contributed by atoms with Gasteiger partial charge in [-0.2, -0.15) is 0 Å². The van der Waals surface area contributed by atoms with Crippen molar-refractivity contribution in [1.82, 2.24) is 4.90 Å². The molecule has 2 aromatic carbocycles. The largest absolute Gasteiger partial charge is 0.496 e. The molecule has 2 atom stereocenters. The highest BCUT2D eigenvalue weighted by atomic mass is 16.5. The average Bonchev–Trinajstić information content (AvgIpc) is 2.83. The molecule has 3 fully saturated rings. The van der Waals surface area contributed by atoms with Gasteiger partial charge in [-0.1, -0.05) is 36.4 Å². The number of hydrogen-bond donors (Lipinski definition) is 1. The number of hydrogen-bond acceptors (Lipinski definition) is 5. The first-order valence-electron chi connectivity index (χ1n) is 10.8. The molecule has 0 saturated carbocycles. The number of fused-ring (bicyclic) bond motifs is 3. The summed E-state index contributed by atoms with van der Waals surface area (Å²) < 4.78 is 10.2. The van der Waals surface area contributed by atoms with Gasteiger partial charge in [0.1, 0.15) is 11.3 Å². The van der Waals surface area contributed by atoms with Gasteiger partial charge in [-0.05, 0) is 68.0 Å². The summed E-state index contributed by atoms with van der Waals surface area (Å²) in [6, 6.07) is 15.7. The van der Waals surface area contributed by atoms with Crippen LogP contribution in [-0.4, -0.2) is 49.8 Å². The summed E-state index contributed by atoms with van der Waals surface area (Å²) in [5.74, 6) is 0.869. The highest BCUT2D eigenvalue weighted by molar-refractivity contribution is 5.92. The lowest BCUT2D eigenvalue weighted by atomic mass is 9.66. The Morgan fingerprint density at radius 2 is 1.87 bits per heavy atom. The van der Waals surface area contributed by atoms with Crippen LogP contribution in [0.5, 0.6) is 5.75 Å². The van der Waals surface area contributed by atoms with Crippen LogP contribution in [0, 0.1) is 11.8 Å². The Kier molecular flexibility index (Phi) is 6.11. The molecule has 3 aliphatic rings. The molecule has 5 nitrogen and oxygen atoms in total. The molecule has 0 aromatic heterocycles. The summed E-state index contributed by atoms with van der Waals surface area (Å²) in [4.78, 5) is 14.6. The molecular formula is C25H31NO4. The van der Waals surface area contributed by atoms with Crippen LogP contribution in [0.25, 0.3) is 0 Å². The Labute approximate surface area is 178 Å². The van der Waals surface area contributed by atoms with Gasteiger partial charge in [-0.15, -0.1) is 0 Å². The molecule has 2 unspecified atom stereocenters. The van der Waals surface area contributed by atoms with E-state index < -0.39 is 11.6 Å². The molecule has 30 heavy (non-hydrogen) atoms. The molecule has 0 spiro atoms. The number of methoxy groups -OCH3 is 2. The van der Waals surface area contributed by atoms with Gasteiger partial charge in [0, 0.05) is 12.5 Å². The zero-order chi connectivity index (χ0) is 21.1. The highest BCUT2D eigenvalue weighted by Gasteiger charge is 2.47. The summed E-state index contributed by atoms with van der Waals surface area (Å²) in [5, 5.41) is 12.1. The molecule has 1 N–H and O–H groups in total. The fraction of sp³-hybridized carbons (Fsp3) is 0.480. The Bertz CT molecular complexity index is 876. The minimum absolute atomic E-state index is 0.223. The summed E-state index contributed by atoms with van der Waals surface area (Å²) in [5.41, 5.74) is 1.51. The van der Waals surface area contributed by atoms with E-state index in [1.54, 1.807) is 13.2 Å². The van der Waals surface area contributed by atoms with E-state index in [1.807, 2.05) is 42.5 Å². The molecule has 2 aromatic rings. The van der Waals surface area contributed by atoms with Crippen LogP contribution in [0.3, 0.4) is 0 Å². The van der Waals surface area contributed by atoms with Gasteiger partial charge in [-0.3, -0.25) is 0 Å². The van der Waals surface area contributed by atoms with E-state index >= 15 is 0 Å². The molecule has 3 heterocycles. The summed E-state index contributed by atoms with van der Waals surface area (Å²) in [7, 11) is 2.92.